The lowest BCUT2D eigenvalue weighted by atomic mass is 9.64. The SMILES string of the molecule is COC(=O)C1(c2ccc(Nc3nc(-c4ccccc4)nc4c3CCC4)cc2)CCC1. The monoisotopic (exact) mass is 399 g/mol. The van der Waals surface area contributed by atoms with E-state index < -0.39 is 5.41 Å². The minimum Gasteiger partial charge on any atom is -0.468 e. The molecular formula is C25H25N3O2. The predicted molar refractivity (Wildman–Crippen MR) is 117 cm³/mol. The Balaban J connectivity index is 1.45. The van der Waals surface area contributed by atoms with Gasteiger partial charge in [0.25, 0.3) is 0 Å². The number of ether oxygens (including phenoxy) is 1. The van der Waals surface area contributed by atoms with Crippen molar-refractivity contribution in [1.29, 1.82) is 0 Å². The highest BCUT2D eigenvalue weighted by molar-refractivity contribution is 5.84. The molecule has 2 aliphatic rings. The highest BCUT2D eigenvalue weighted by Crippen LogP contribution is 2.45. The fourth-order valence-electron chi connectivity index (χ4n) is 4.60. The number of carbonyl (C=O) groups is 1. The maximum atomic E-state index is 12.3. The van der Waals surface area contributed by atoms with Gasteiger partial charge in [-0.1, -0.05) is 48.9 Å². The number of fused-ring (bicyclic) bond motifs is 1. The molecule has 0 aliphatic heterocycles. The summed E-state index contributed by atoms with van der Waals surface area (Å²) in [6, 6.07) is 18.2. The van der Waals surface area contributed by atoms with Crippen LogP contribution in [0.1, 0.15) is 42.5 Å². The lowest BCUT2D eigenvalue weighted by Gasteiger charge is -2.39. The van der Waals surface area contributed by atoms with E-state index in [1.807, 2.05) is 54.6 Å². The Bertz CT molecular complexity index is 1070. The van der Waals surface area contributed by atoms with E-state index in [0.29, 0.717) is 0 Å². The first-order valence-corrected chi connectivity index (χ1v) is 10.6. The van der Waals surface area contributed by atoms with Crippen LogP contribution in [0.5, 0.6) is 0 Å². The van der Waals surface area contributed by atoms with E-state index in [1.165, 1.54) is 12.7 Å². The van der Waals surface area contributed by atoms with E-state index in [4.69, 9.17) is 14.7 Å². The number of esters is 1. The predicted octanol–water partition coefficient (Wildman–Crippen LogP) is 4.97. The van der Waals surface area contributed by atoms with Crippen molar-refractivity contribution in [3.63, 3.8) is 0 Å². The zero-order valence-corrected chi connectivity index (χ0v) is 17.1. The summed E-state index contributed by atoms with van der Waals surface area (Å²) in [4.78, 5) is 22.0. The van der Waals surface area contributed by atoms with E-state index in [1.54, 1.807) is 0 Å². The van der Waals surface area contributed by atoms with Gasteiger partial charge < -0.3 is 10.1 Å². The minimum absolute atomic E-state index is 0.129. The zero-order chi connectivity index (χ0) is 20.6. The summed E-state index contributed by atoms with van der Waals surface area (Å²) >= 11 is 0. The number of aryl methyl sites for hydroxylation is 1. The maximum absolute atomic E-state index is 12.3. The smallest absolute Gasteiger partial charge is 0.316 e. The van der Waals surface area contributed by atoms with E-state index >= 15 is 0 Å². The van der Waals surface area contributed by atoms with Gasteiger partial charge in [-0.2, -0.15) is 0 Å². The summed E-state index contributed by atoms with van der Waals surface area (Å²) in [6.07, 6.45) is 5.86. The number of benzene rings is 2. The average molecular weight is 399 g/mol. The van der Waals surface area contributed by atoms with Crippen molar-refractivity contribution in [3.05, 3.63) is 71.4 Å². The molecule has 5 nitrogen and oxygen atoms in total. The van der Waals surface area contributed by atoms with E-state index in [-0.39, 0.29) is 5.97 Å². The second-order valence-corrected chi connectivity index (χ2v) is 8.17. The van der Waals surface area contributed by atoms with Crippen LogP contribution in [0, 0.1) is 0 Å². The molecular weight excluding hydrogens is 374 g/mol. The number of hydrogen-bond donors (Lipinski definition) is 1. The fraction of sp³-hybridized carbons (Fsp3) is 0.320. The van der Waals surface area contributed by atoms with Crippen molar-refractivity contribution in [2.24, 2.45) is 0 Å². The highest BCUT2D eigenvalue weighted by Gasteiger charge is 2.46. The molecule has 1 aromatic heterocycles. The van der Waals surface area contributed by atoms with Crippen molar-refractivity contribution < 1.29 is 9.53 Å². The molecule has 2 aromatic carbocycles. The van der Waals surface area contributed by atoms with Gasteiger partial charge in [-0.3, -0.25) is 4.79 Å². The second-order valence-electron chi connectivity index (χ2n) is 8.17. The summed E-state index contributed by atoms with van der Waals surface area (Å²) in [6.45, 7) is 0. The van der Waals surface area contributed by atoms with Gasteiger partial charge in [0.05, 0.1) is 12.5 Å². The van der Waals surface area contributed by atoms with Gasteiger partial charge >= 0.3 is 5.97 Å². The molecule has 0 bridgehead atoms. The summed E-state index contributed by atoms with van der Waals surface area (Å²) in [5.41, 5.74) is 4.90. The molecule has 0 atom stereocenters. The Morgan fingerprint density at radius 3 is 2.40 bits per heavy atom. The normalized spacial score (nSPS) is 16.4. The number of nitrogens with zero attached hydrogens (tertiary/aromatic N) is 2. The topological polar surface area (TPSA) is 64.1 Å². The molecule has 1 N–H and O–H groups in total. The molecule has 0 saturated heterocycles. The Kier molecular flexibility index (Phi) is 4.74. The van der Waals surface area contributed by atoms with E-state index in [9.17, 15) is 4.79 Å². The van der Waals surface area contributed by atoms with Crippen molar-refractivity contribution in [3.8, 4) is 11.4 Å². The molecule has 1 saturated carbocycles. The van der Waals surface area contributed by atoms with Crippen molar-refractivity contribution in [2.45, 2.75) is 43.9 Å². The van der Waals surface area contributed by atoms with Crippen LogP contribution in [-0.2, 0) is 27.8 Å². The van der Waals surface area contributed by atoms with Crippen LogP contribution in [0.3, 0.4) is 0 Å². The molecule has 0 radical (unpaired) electrons. The number of rotatable bonds is 5. The van der Waals surface area contributed by atoms with Crippen LogP contribution in [0.15, 0.2) is 54.6 Å². The molecule has 0 spiro atoms. The minimum atomic E-state index is -0.468. The van der Waals surface area contributed by atoms with Gasteiger partial charge in [-0.05, 0) is 49.8 Å². The van der Waals surface area contributed by atoms with Crippen LogP contribution in [-0.4, -0.2) is 23.0 Å². The van der Waals surface area contributed by atoms with Gasteiger partial charge in [-0.15, -0.1) is 0 Å². The fourth-order valence-corrected chi connectivity index (χ4v) is 4.60. The molecule has 5 rings (SSSR count). The number of methoxy groups -OCH3 is 1. The third kappa shape index (κ3) is 3.15. The zero-order valence-electron chi connectivity index (χ0n) is 17.1. The van der Waals surface area contributed by atoms with Crippen LogP contribution >= 0.6 is 0 Å². The van der Waals surface area contributed by atoms with Crippen LogP contribution in [0.25, 0.3) is 11.4 Å². The number of nitrogens with one attached hydrogen (secondary N) is 1. The first kappa shape index (κ1) is 18.8. The Morgan fingerprint density at radius 2 is 1.73 bits per heavy atom. The van der Waals surface area contributed by atoms with Crippen molar-refractivity contribution in [2.75, 3.05) is 12.4 Å². The Morgan fingerprint density at radius 1 is 0.967 bits per heavy atom. The molecule has 2 aliphatic carbocycles. The molecule has 1 fully saturated rings. The first-order chi connectivity index (χ1) is 14.7. The molecule has 0 unspecified atom stereocenters. The summed E-state index contributed by atoms with van der Waals surface area (Å²) in [5, 5.41) is 3.51. The van der Waals surface area contributed by atoms with E-state index in [2.05, 4.69) is 5.32 Å². The largest absolute Gasteiger partial charge is 0.468 e. The highest BCUT2D eigenvalue weighted by atomic mass is 16.5. The summed E-state index contributed by atoms with van der Waals surface area (Å²) in [7, 11) is 1.47. The molecule has 3 aromatic rings. The van der Waals surface area contributed by atoms with E-state index in [0.717, 1.165) is 72.7 Å². The summed E-state index contributed by atoms with van der Waals surface area (Å²) in [5.74, 6) is 1.51. The molecule has 152 valence electrons. The Labute approximate surface area is 176 Å². The lowest BCUT2D eigenvalue weighted by Crippen LogP contribution is -2.43. The number of anilines is 2. The van der Waals surface area contributed by atoms with Crippen molar-refractivity contribution in [1.82, 2.24) is 9.97 Å². The quantitative estimate of drug-likeness (QED) is 0.614. The van der Waals surface area contributed by atoms with Crippen LogP contribution in [0.4, 0.5) is 11.5 Å². The number of aromatic nitrogens is 2. The third-order valence-corrected chi connectivity index (χ3v) is 6.45. The van der Waals surface area contributed by atoms with Crippen LogP contribution < -0.4 is 5.32 Å². The van der Waals surface area contributed by atoms with Crippen LogP contribution in [0.2, 0.25) is 0 Å². The lowest BCUT2D eigenvalue weighted by molar-refractivity contribution is -0.151. The molecule has 1 heterocycles. The number of carbonyl (C=O) groups excluding carboxylic acids is 1. The van der Waals surface area contributed by atoms with Gasteiger partial charge in [-0.25, -0.2) is 9.97 Å². The molecule has 0 amide bonds. The van der Waals surface area contributed by atoms with Gasteiger partial charge in [0.15, 0.2) is 5.82 Å². The van der Waals surface area contributed by atoms with Gasteiger partial charge in [0.2, 0.25) is 0 Å². The number of hydrogen-bond acceptors (Lipinski definition) is 5. The molecule has 30 heavy (non-hydrogen) atoms. The van der Waals surface area contributed by atoms with Gasteiger partial charge in [0, 0.05) is 22.5 Å². The standard InChI is InChI=1S/C25H25N3O2/c1-30-24(29)25(15-6-16-25)18-11-13-19(14-12-18)26-23-20-9-5-10-21(20)27-22(28-23)17-7-3-2-4-8-17/h2-4,7-8,11-14H,5-6,9-10,15-16H2,1H3,(H,26,27,28). The maximum Gasteiger partial charge on any atom is 0.316 e. The third-order valence-electron chi connectivity index (χ3n) is 6.45. The average Bonchev–Trinajstić information content (AvgIpc) is 3.23. The van der Waals surface area contributed by atoms with Gasteiger partial charge in [0.1, 0.15) is 5.82 Å². The first-order valence-electron chi connectivity index (χ1n) is 10.6. The van der Waals surface area contributed by atoms with Crippen molar-refractivity contribution >= 4 is 17.5 Å². The second kappa shape index (κ2) is 7.56. The summed E-state index contributed by atoms with van der Waals surface area (Å²) < 4.78 is 5.07. The molecule has 5 heteroatoms. The Hall–Kier alpha value is -3.21.